The van der Waals surface area contributed by atoms with E-state index in [0.717, 1.165) is 25.7 Å². The Bertz CT molecular complexity index is 633. The molecule has 128 valence electrons. The van der Waals surface area contributed by atoms with Gasteiger partial charge in [0.15, 0.2) is 0 Å². The first kappa shape index (κ1) is 16.4. The maximum Gasteiger partial charge on any atom is 0.282 e. The van der Waals surface area contributed by atoms with Crippen LogP contribution in [0.1, 0.15) is 25.7 Å². The topological polar surface area (TPSA) is 84.9 Å². The molecule has 1 aromatic heterocycles. The summed E-state index contributed by atoms with van der Waals surface area (Å²) in [6.07, 6.45) is 6.23. The predicted octanol–water partition coefficient (Wildman–Crippen LogP) is 0.669. The van der Waals surface area contributed by atoms with Crippen molar-refractivity contribution < 1.29 is 17.9 Å². The maximum atomic E-state index is 12.6. The SMILES string of the molecule is COc1cncc(OC2CCCN(S(=O)(=O)N3CCCC3)C2)n1. The molecule has 2 saturated heterocycles. The normalized spacial score (nSPS) is 23.8. The molecule has 1 unspecified atom stereocenters. The van der Waals surface area contributed by atoms with E-state index in [9.17, 15) is 8.42 Å². The van der Waals surface area contributed by atoms with Crippen LogP contribution in [0.25, 0.3) is 0 Å². The minimum atomic E-state index is -3.37. The monoisotopic (exact) mass is 342 g/mol. The molecule has 8 nitrogen and oxygen atoms in total. The molecule has 0 spiro atoms. The molecule has 0 amide bonds. The standard InChI is InChI=1S/C14H22N4O4S/c1-21-13-9-15-10-14(16-13)22-12-5-4-8-18(11-12)23(19,20)17-6-2-3-7-17/h9-10,12H,2-8,11H2,1H3. The van der Waals surface area contributed by atoms with Gasteiger partial charge >= 0.3 is 0 Å². The highest BCUT2D eigenvalue weighted by molar-refractivity contribution is 7.86. The van der Waals surface area contributed by atoms with Crippen LogP contribution in [0.15, 0.2) is 12.4 Å². The zero-order valence-electron chi connectivity index (χ0n) is 13.2. The lowest BCUT2D eigenvalue weighted by atomic mass is 10.1. The van der Waals surface area contributed by atoms with Gasteiger partial charge in [0.25, 0.3) is 10.2 Å². The van der Waals surface area contributed by atoms with Gasteiger partial charge in [0.1, 0.15) is 6.10 Å². The molecule has 2 fully saturated rings. The molecule has 3 heterocycles. The molecule has 0 aromatic carbocycles. The van der Waals surface area contributed by atoms with Crippen LogP contribution in [-0.4, -0.2) is 66.4 Å². The van der Waals surface area contributed by atoms with E-state index in [1.54, 1.807) is 4.31 Å². The summed E-state index contributed by atoms with van der Waals surface area (Å²) in [5.41, 5.74) is 0. The van der Waals surface area contributed by atoms with Crippen molar-refractivity contribution in [3.05, 3.63) is 12.4 Å². The Balaban J connectivity index is 1.66. The Morgan fingerprint density at radius 3 is 2.52 bits per heavy atom. The molecule has 0 bridgehead atoms. The molecule has 3 rings (SSSR count). The van der Waals surface area contributed by atoms with E-state index in [-0.39, 0.29) is 6.10 Å². The Hall–Kier alpha value is -1.45. The van der Waals surface area contributed by atoms with Gasteiger partial charge in [-0.15, -0.1) is 0 Å². The lowest BCUT2D eigenvalue weighted by Crippen LogP contribution is -2.49. The van der Waals surface area contributed by atoms with E-state index >= 15 is 0 Å². The van der Waals surface area contributed by atoms with Crippen molar-refractivity contribution in [3.63, 3.8) is 0 Å². The summed E-state index contributed by atoms with van der Waals surface area (Å²) < 4.78 is 39.2. The van der Waals surface area contributed by atoms with Crippen LogP contribution < -0.4 is 9.47 Å². The van der Waals surface area contributed by atoms with E-state index in [4.69, 9.17) is 9.47 Å². The lowest BCUT2D eigenvalue weighted by Gasteiger charge is -2.34. The van der Waals surface area contributed by atoms with Gasteiger partial charge in [-0.1, -0.05) is 0 Å². The Morgan fingerprint density at radius 2 is 1.78 bits per heavy atom. The quantitative estimate of drug-likeness (QED) is 0.782. The van der Waals surface area contributed by atoms with E-state index in [1.807, 2.05) is 0 Å². The third-order valence-electron chi connectivity index (χ3n) is 4.15. The molecule has 0 aliphatic carbocycles. The third kappa shape index (κ3) is 3.73. The molecule has 0 radical (unpaired) electrons. The average Bonchev–Trinajstić information content (AvgIpc) is 3.10. The van der Waals surface area contributed by atoms with Crippen molar-refractivity contribution >= 4 is 10.2 Å². The summed E-state index contributed by atoms with van der Waals surface area (Å²) in [7, 11) is -1.86. The summed E-state index contributed by atoms with van der Waals surface area (Å²) in [4.78, 5) is 8.16. The molecule has 1 aromatic rings. The molecule has 23 heavy (non-hydrogen) atoms. The molecule has 0 saturated carbocycles. The van der Waals surface area contributed by atoms with Gasteiger partial charge in [-0.25, -0.2) is 0 Å². The van der Waals surface area contributed by atoms with Crippen LogP contribution in [0.2, 0.25) is 0 Å². The first-order valence-corrected chi connectivity index (χ1v) is 9.27. The van der Waals surface area contributed by atoms with Gasteiger partial charge in [-0.05, 0) is 25.7 Å². The smallest absolute Gasteiger partial charge is 0.282 e. The number of rotatable bonds is 5. The summed E-state index contributed by atoms with van der Waals surface area (Å²) in [5.74, 6) is 0.731. The van der Waals surface area contributed by atoms with Gasteiger partial charge < -0.3 is 9.47 Å². The molecule has 2 aliphatic rings. The molecular formula is C14H22N4O4S. The minimum Gasteiger partial charge on any atom is -0.480 e. The van der Waals surface area contributed by atoms with Crippen LogP contribution in [0.5, 0.6) is 11.8 Å². The van der Waals surface area contributed by atoms with Gasteiger partial charge in [0, 0.05) is 19.6 Å². The van der Waals surface area contributed by atoms with Crippen molar-refractivity contribution in [1.29, 1.82) is 0 Å². The first-order chi connectivity index (χ1) is 11.1. The largest absolute Gasteiger partial charge is 0.480 e. The van der Waals surface area contributed by atoms with Gasteiger partial charge in [-0.3, -0.25) is 4.98 Å². The van der Waals surface area contributed by atoms with Crippen molar-refractivity contribution in [1.82, 2.24) is 18.6 Å². The zero-order valence-corrected chi connectivity index (χ0v) is 14.0. The second-order valence-electron chi connectivity index (χ2n) is 5.75. The molecule has 9 heteroatoms. The zero-order chi connectivity index (χ0) is 16.3. The summed E-state index contributed by atoms with van der Waals surface area (Å²) in [5, 5.41) is 0. The van der Waals surface area contributed by atoms with Crippen LogP contribution in [0.3, 0.4) is 0 Å². The summed E-state index contributed by atoms with van der Waals surface area (Å²) in [6.45, 7) is 2.12. The fourth-order valence-corrected chi connectivity index (χ4v) is 4.71. The molecule has 1 atom stereocenters. The van der Waals surface area contributed by atoms with Crippen molar-refractivity contribution in [3.8, 4) is 11.8 Å². The number of methoxy groups -OCH3 is 1. The second kappa shape index (κ2) is 6.98. The fraction of sp³-hybridized carbons (Fsp3) is 0.714. The van der Waals surface area contributed by atoms with Crippen LogP contribution in [0, 0.1) is 0 Å². The Kier molecular flexibility index (Phi) is 4.98. The fourth-order valence-electron chi connectivity index (χ4n) is 2.95. The lowest BCUT2D eigenvalue weighted by molar-refractivity contribution is 0.120. The van der Waals surface area contributed by atoms with E-state index in [0.29, 0.717) is 37.9 Å². The van der Waals surface area contributed by atoms with E-state index < -0.39 is 10.2 Å². The number of nitrogens with zero attached hydrogens (tertiary/aromatic N) is 4. The Labute approximate surface area is 136 Å². The van der Waals surface area contributed by atoms with Crippen molar-refractivity contribution in [2.75, 3.05) is 33.3 Å². The number of hydrogen-bond donors (Lipinski definition) is 0. The third-order valence-corrected chi connectivity index (χ3v) is 6.15. The van der Waals surface area contributed by atoms with Gasteiger partial charge in [-0.2, -0.15) is 22.0 Å². The summed E-state index contributed by atoms with van der Waals surface area (Å²) >= 11 is 0. The van der Waals surface area contributed by atoms with E-state index in [1.165, 1.54) is 23.8 Å². The van der Waals surface area contributed by atoms with Gasteiger partial charge in [0.2, 0.25) is 11.8 Å². The average molecular weight is 342 g/mol. The minimum absolute atomic E-state index is 0.220. The second-order valence-corrected chi connectivity index (χ2v) is 7.68. The summed E-state index contributed by atoms with van der Waals surface area (Å²) in [6, 6.07) is 0. The molecular weight excluding hydrogens is 320 g/mol. The first-order valence-electron chi connectivity index (χ1n) is 7.87. The van der Waals surface area contributed by atoms with Crippen LogP contribution in [-0.2, 0) is 10.2 Å². The number of hydrogen-bond acceptors (Lipinski definition) is 6. The highest BCUT2D eigenvalue weighted by atomic mass is 32.2. The van der Waals surface area contributed by atoms with Crippen LogP contribution >= 0.6 is 0 Å². The number of piperidine rings is 1. The number of ether oxygens (including phenoxy) is 2. The van der Waals surface area contributed by atoms with Gasteiger partial charge in [0.05, 0.1) is 26.0 Å². The Morgan fingerprint density at radius 1 is 1.09 bits per heavy atom. The molecule has 2 aliphatic heterocycles. The molecule has 0 N–H and O–H groups in total. The van der Waals surface area contributed by atoms with Crippen molar-refractivity contribution in [2.45, 2.75) is 31.8 Å². The highest BCUT2D eigenvalue weighted by Crippen LogP contribution is 2.23. The predicted molar refractivity (Wildman–Crippen MR) is 83.5 cm³/mol. The number of aromatic nitrogens is 2. The van der Waals surface area contributed by atoms with E-state index in [2.05, 4.69) is 9.97 Å². The highest BCUT2D eigenvalue weighted by Gasteiger charge is 2.35. The van der Waals surface area contributed by atoms with Crippen LogP contribution in [0.4, 0.5) is 0 Å². The maximum absolute atomic E-state index is 12.6. The van der Waals surface area contributed by atoms with Crippen molar-refractivity contribution in [2.24, 2.45) is 0 Å².